The summed E-state index contributed by atoms with van der Waals surface area (Å²) in [5.41, 5.74) is 0.312. The molecule has 1 aliphatic carbocycles. The van der Waals surface area contributed by atoms with Gasteiger partial charge in [0.05, 0.1) is 5.69 Å². The van der Waals surface area contributed by atoms with Crippen molar-refractivity contribution in [1.82, 2.24) is 9.97 Å². The van der Waals surface area contributed by atoms with Crippen molar-refractivity contribution in [1.29, 1.82) is 0 Å². The molecule has 4 nitrogen and oxygen atoms in total. The maximum absolute atomic E-state index is 12.0. The molecular weight excluding hydrogens is 308 g/mol. The molecule has 0 bridgehead atoms. The highest BCUT2D eigenvalue weighted by molar-refractivity contribution is 9.10. The third kappa shape index (κ3) is 2.92. The Morgan fingerprint density at radius 1 is 1.32 bits per heavy atom. The Morgan fingerprint density at radius 2 is 2.00 bits per heavy atom. The minimum atomic E-state index is -0.392. The molecule has 1 fully saturated rings. The summed E-state index contributed by atoms with van der Waals surface area (Å²) in [5.74, 6) is 0.708. The molecule has 2 rings (SSSR count). The molecule has 0 spiro atoms. The molecule has 0 aliphatic heterocycles. The summed E-state index contributed by atoms with van der Waals surface area (Å²) in [6, 6.07) is 0. The van der Waals surface area contributed by atoms with E-state index in [0.29, 0.717) is 16.9 Å². The zero-order chi connectivity index (χ0) is 13.9. The summed E-state index contributed by atoms with van der Waals surface area (Å²) in [7, 11) is 0. The highest BCUT2D eigenvalue weighted by atomic mass is 79.9. The first-order valence-corrected chi connectivity index (χ1v) is 7.85. The van der Waals surface area contributed by atoms with Crippen LogP contribution >= 0.6 is 15.9 Å². The highest BCUT2D eigenvalue weighted by Crippen LogP contribution is 2.38. The molecule has 106 valence electrons. The lowest BCUT2D eigenvalue weighted by atomic mass is 9.83. The second-order valence-corrected chi connectivity index (χ2v) is 5.81. The Hall–Kier alpha value is -0.680. The molecule has 0 saturated heterocycles. The predicted molar refractivity (Wildman–Crippen MR) is 78.3 cm³/mol. The number of aromatic nitrogens is 2. The first-order valence-electron chi connectivity index (χ1n) is 7.06. The van der Waals surface area contributed by atoms with Gasteiger partial charge in [-0.15, -0.1) is 0 Å². The van der Waals surface area contributed by atoms with Crippen molar-refractivity contribution >= 4 is 15.9 Å². The quantitative estimate of drug-likeness (QED) is 0.922. The van der Waals surface area contributed by atoms with Crippen molar-refractivity contribution in [2.45, 2.75) is 58.0 Å². The fourth-order valence-corrected chi connectivity index (χ4v) is 3.27. The van der Waals surface area contributed by atoms with Crippen molar-refractivity contribution in [2.24, 2.45) is 0 Å². The zero-order valence-electron chi connectivity index (χ0n) is 11.6. The van der Waals surface area contributed by atoms with Crippen LogP contribution in [0.3, 0.4) is 0 Å². The molecule has 0 amide bonds. The molecule has 0 atom stereocenters. The van der Waals surface area contributed by atoms with E-state index in [0.717, 1.165) is 37.8 Å². The van der Waals surface area contributed by atoms with Crippen molar-refractivity contribution in [3.63, 3.8) is 0 Å². The number of aryl methyl sites for hydroxylation is 1. The van der Waals surface area contributed by atoms with Crippen molar-refractivity contribution in [2.75, 3.05) is 6.61 Å². The number of ether oxygens (including phenoxy) is 1. The van der Waals surface area contributed by atoms with E-state index in [-0.39, 0.29) is 5.56 Å². The summed E-state index contributed by atoms with van der Waals surface area (Å²) < 4.78 is 6.55. The summed E-state index contributed by atoms with van der Waals surface area (Å²) >= 11 is 3.31. The average Bonchev–Trinajstić information content (AvgIpc) is 2.43. The van der Waals surface area contributed by atoms with Crippen LogP contribution in [0.1, 0.15) is 57.5 Å². The number of hydrogen-bond acceptors (Lipinski definition) is 3. The van der Waals surface area contributed by atoms with Gasteiger partial charge in [-0.25, -0.2) is 4.98 Å². The highest BCUT2D eigenvalue weighted by Gasteiger charge is 2.37. The normalized spacial score (nSPS) is 18.5. The third-order valence-electron chi connectivity index (χ3n) is 3.78. The Balaban J connectivity index is 2.47. The predicted octanol–water partition coefficient (Wildman–Crippen LogP) is 3.29. The van der Waals surface area contributed by atoms with Crippen LogP contribution in [0.5, 0.6) is 0 Å². The van der Waals surface area contributed by atoms with Crippen LogP contribution in [0.2, 0.25) is 0 Å². The molecule has 1 saturated carbocycles. The van der Waals surface area contributed by atoms with Crippen LogP contribution in [0.25, 0.3) is 0 Å². The van der Waals surface area contributed by atoms with Crippen molar-refractivity contribution in [3.05, 3.63) is 26.3 Å². The fraction of sp³-hybridized carbons (Fsp3) is 0.714. The van der Waals surface area contributed by atoms with Crippen LogP contribution in [0.15, 0.2) is 9.27 Å². The lowest BCUT2D eigenvalue weighted by molar-refractivity contribution is -0.0770. The molecule has 1 N–H and O–H groups in total. The molecule has 1 aromatic heterocycles. The van der Waals surface area contributed by atoms with E-state index in [9.17, 15) is 4.79 Å². The third-order valence-corrected chi connectivity index (χ3v) is 4.60. The second kappa shape index (κ2) is 6.18. The SMILES string of the molecule is CCOC1(c2nc(CC)c(Br)c(=O)[nH]2)CCCCC1. The summed E-state index contributed by atoms with van der Waals surface area (Å²) in [5, 5.41) is 0. The van der Waals surface area contributed by atoms with Crippen LogP contribution < -0.4 is 5.56 Å². The minimum absolute atomic E-state index is 0.105. The van der Waals surface area contributed by atoms with E-state index >= 15 is 0 Å². The van der Waals surface area contributed by atoms with E-state index in [2.05, 4.69) is 25.9 Å². The van der Waals surface area contributed by atoms with E-state index < -0.39 is 5.60 Å². The van der Waals surface area contributed by atoms with Crippen molar-refractivity contribution in [3.8, 4) is 0 Å². The van der Waals surface area contributed by atoms with E-state index in [1.807, 2.05) is 13.8 Å². The Labute approximate surface area is 122 Å². The van der Waals surface area contributed by atoms with Gasteiger partial charge >= 0.3 is 0 Å². The van der Waals surface area contributed by atoms with E-state index in [1.165, 1.54) is 6.42 Å². The van der Waals surface area contributed by atoms with Gasteiger partial charge in [0.15, 0.2) is 0 Å². The van der Waals surface area contributed by atoms with E-state index in [4.69, 9.17) is 4.74 Å². The second-order valence-electron chi connectivity index (χ2n) is 5.02. The van der Waals surface area contributed by atoms with Crippen LogP contribution in [-0.2, 0) is 16.8 Å². The van der Waals surface area contributed by atoms with Gasteiger partial charge in [-0.1, -0.05) is 26.2 Å². The number of hydrogen-bond donors (Lipinski definition) is 1. The summed E-state index contributed by atoms with van der Waals surface area (Å²) in [4.78, 5) is 19.6. The molecule has 19 heavy (non-hydrogen) atoms. The topological polar surface area (TPSA) is 55.0 Å². The lowest BCUT2D eigenvalue weighted by Crippen LogP contribution is -2.36. The number of H-pyrrole nitrogens is 1. The van der Waals surface area contributed by atoms with Crippen LogP contribution in [-0.4, -0.2) is 16.6 Å². The monoisotopic (exact) mass is 328 g/mol. The van der Waals surface area contributed by atoms with Gasteiger partial charge in [-0.2, -0.15) is 0 Å². The molecule has 5 heteroatoms. The molecule has 0 aromatic carbocycles. The van der Waals surface area contributed by atoms with Gasteiger partial charge in [-0.05, 0) is 42.1 Å². The van der Waals surface area contributed by atoms with Gasteiger partial charge in [0.2, 0.25) is 0 Å². The number of aromatic amines is 1. The Bertz CT molecular complexity index is 487. The lowest BCUT2D eigenvalue weighted by Gasteiger charge is -2.36. The molecule has 0 unspecified atom stereocenters. The van der Waals surface area contributed by atoms with Crippen molar-refractivity contribution < 1.29 is 4.74 Å². The van der Waals surface area contributed by atoms with Gasteiger partial charge in [0, 0.05) is 6.61 Å². The van der Waals surface area contributed by atoms with E-state index in [1.54, 1.807) is 0 Å². The first-order chi connectivity index (χ1) is 9.13. The molecule has 1 aliphatic rings. The Kier molecular flexibility index (Phi) is 4.79. The van der Waals surface area contributed by atoms with Gasteiger partial charge < -0.3 is 9.72 Å². The average molecular weight is 329 g/mol. The number of nitrogens with one attached hydrogen (secondary N) is 1. The number of halogens is 1. The van der Waals surface area contributed by atoms with Crippen LogP contribution in [0, 0.1) is 0 Å². The summed E-state index contributed by atoms with van der Waals surface area (Å²) in [6.45, 7) is 4.64. The largest absolute Gasteiger partial charge is 0.367 e. The zero-order valence-corrected chi connectivity index (χ0v) is 13.2. The smallest absolute Gasteiger partial charge is 0.265 e. The maximum atomic E-state index is 12.0. The summed E-state index contributed by atoms with van der Waals surface area (Å²) in [6.07, 6.45) is 6.10. The fourth-order valence-electron chi connectivity index (χ4n) is 2.80. The van der Waals surface area contributed by atoms with Gasteiger partial charge in [-0.3, -0.25) is 4.79 Å². The minimum Gasteiger partial charge on any atom is -0.367 e. The number of rotatable bonds is 4. The molecule has 1 aromatic rings. The Morgan fingerprint density at radius 3 is 2.58 bits per heavy atom. The standard InChI is InChI=1S/C14H21BrN2O2/c1-3-10-11(15)12(18)17-13(16-10)14(19-4-2)8-6-5-7-9-14/h3-9H2,1-2H3,(H,16,17,18). The van der Waals surface area contributed by atoms with Gasteiger partial charge in [0.25, 0.3) is 5.56 Å². The van der Waals surface area contributed by atoms with Crippen LogP contribution in [0.4, 0.5) is 0 Å². The molecular formula is C14H21BrN2O2. The molecule has 0 radical (unpaired) electrons. The maximum Gasteiger partial charge on any atom is 0.265 e. The molecule has 1 heterocycles. The van der Waals surface area contributed by atoms with Gasteiger partial charge in [0.1, 0.15) is 15.9 Å². The number of nitrogens with zero attached hydrogens (tertiary/aromatic N) is 1. The first kappa shape index (κ1) is 14.7.